The quantitative estimate of drug-likeness (QED) is 0.277. The SMILES string of the molecule is CCOc1c(/C(C)=C/C(=O)Nc2cccc(Cl)c2C)cc2c(-c3ccc(C)cc3C)coc2c1C. The Hall–Kier alpha value is -3.50. The molecule has 1 aromatic heterocycles. The number of carbonyl (C=O) groups excluding carboxylic acids is 1. The molecular formula is C30H30ClNO3. The van der Waals surface area contributed by atoms with Crippen LogP contribution in [0.1, 0.15) is 41.7 Å². The van der Waals surface area contributed by atoms with Gasteiger partial charge in [0.15, 0.2) is 0 Å². The van der Waals surface area contributed by atoms with Crippen LogP contribution in [0.25, 0.3) is 27.7 Å². The highest BCUT2D eigenvalue weighted by Crippen LogP contribution is 2.41. The summed E-state index contributed by atoms with van der Waals surface area (Å²) >= 11 is 6.21. The lowest BCUT2D eigenvalue weighted by atomic mass is 9.94. The van der Waals surface area contributed by atoms with Gasteiger partial charge in [-0.3, -0.25) is 4.79 Å². The van der Waals surface area contributed by atoms with Crippen molar-refractivity contribution < 1.29 is 13.9 Å². The molecule has 1 N–H and O–H groups in total. The molecule has 0 atom stereocenters. The van der Waals surface area contributed by atoms with Crippen LogP contribution in [0.2, 0.25) is 5.02 Å². The van der Waals surface area contributed by atoms with Crippen LogP contribution in [0, 0.1) is 27.7 Å². The minimum atomic E-state index is -0.227. The van der Waals surface area contributed by atoms with Gasteiger partial charge in [-0.25, -0.2) is 0 Å². The van der Waals surface area contributed by atoms with Crippen molar-refractivity contribution >= 4 is 39.7 Å². The second-order valence-electron chi connectivity index (χ2n) is 8.88. The molecule has 1 heterocycles. The first kappa shape index (κ1) is 24.6. The van der Waals surface area contributed by atoms with Crippen LogP contribution in [0.4, 0.5) is 5.69 Å². The molecule has 5 heteroatoms. The van der Waals surface area contributed by atoms with Gasteiger partial charge in [-0.05, 0) is 82.0 Å². The molecule has 0 aliphatic rings. The van der Waals surface area contributed by atoms with Gasteiger partial charge in [-0.1, -0.05) is 41.4 Å². The van der Waals surface area contributed by atoms with E-state index in [4.69, 9.17) is 20.8 Å². The first-order valence-electron chi connectivity index (χ1n) is 11.7. The molecular weight excluding hydrogens is 458 g/mol. The van der Waals surface area contributed by atoms with Gasteiger partial charge in [-0.2, -0.15) is 0 Å². The van der Waals surface area contributed by atoms with Crippen molar-refractivity contribution in [3.63, 3.8) is 0 Å². The predicted octanol–water partition coefficient (Wildman–Crippen LogP) is 8.43. The first-order valence-corrected chi connectivity index (χ1v) is 12.1. The number of rotatable bonds is 6. The Balaban J connectivity index is 1.81. The summed E-state index contributed by atoms with van der Waals surface area (Å²) < 4.78 is 12.1. The summed E-state index contributed by atoms with van der Waals surface area (Å²) in [6, 6.07) is 13.9. The monoisotopic (exact) mass is 487 g/mol. The fraction of sp³-hybridized carbons (Fsp3) is 0.233. The van der Waals surface area contributed by atoms with E-state index >= 15 is 0 Å². The van der Waals surface area contributed by atoms with E-state index in [0.29, 0.717) is 17.3 Å². The normalized spacial score (nSPS) is 11.7. The third-order valence-electron chi connectivity index (χ3n) is 6.30. The van der Waals surface area contributed by atoms with Crippen LogP contribution >= 0.6 is 11.6 Å². The predicted molar refractivity (Wildman–Crippen MR) is 145 cm³/mol. The molecule has 180 valence electrons. The summed E-state index contributed by atoms with van der Waals surface area (Å²) in [4.78, 5) is 12.9. The number of benzene rings is 3. The lowest BCUT2D eigenvalue weighted by molar-refractivity contribution is -0.111. The van der Waals surface area contributed by atoms with E-state index in [2.05, 4.69) is 43.4 Å². The molecule has 1 amide bonds. The van der Waals surface area contributed by atoms with E-state index in [9.17, 15) is 4.79 Å². The number of hydrogen-bond acceptors (Lipinski definition) is 3. The first-order chi connectivity index (χ1) is 16.7. The number of nitrogens with one attached hydrogen (secondary N) is 1. The fourth-order valence-electron chi connectivity index (χ4n) is 4.45. The van der Waals surface area contributed by atoms with E-state index in [1.807, 2.05) is 46.1 Å². The summed E-state index contributed by atoms with van der Waals surface area (Å²) in [5, 5.41) is 4.55. The molecule has 3 aromatic carbocycles. The number of aryl methyl sites for hydroxylation is 3. The Labute approximate surface area is 211 Å². The lowest BCUT2D eigenvalue weighted by Crippen LogP contribution is -2.10. The van der Waals surface area contributed by atoms with Crippen molar-refractivity contribution in [3.05, 3.63) is 87.6 Å². The highest BCUT2D eigenvalue weighted by atomic mass is 35.5. The highest BCUT2D eigenvalue weighted by molar-refractivity contribution is 6.31. The summed E-state index contributed by atoms with van der Waals surface area (Å²) in [7, 11) is 0. The van der Waals surface area contributed by atoms with Gasteiger partial charge < -0.3 is 14.5 Å². The minimum absolute atomic E-state index is 0.227. The van der Waals surface area contributed by atoms with Crippen molar-refractivity contribution in [2.24, 2.45) is 0 Å². The molecule has 35 heavy (non-hydrogen) atoms. The van der Waals surface area contributed by atoms with Crippen molar-refractivity contribution in [1.82, 2.24) is 0 Å². The lowest BCUT2D eigenvalue weighted by Gasteiger charge is -2.15. The van der Waals surface area contributed by atoms with Gasteiger partial charge in [0.25, 0.3) is 0 Å². The molecule has 0 bridgehead atoms. The van der Waals surface area contributed by atoms with Gasteiger partial charge in [0.05, 0.1) is 12.9 Å². The number of carbonyl (C=O) groups is 1. The van der Waals surface area contributed by atoms with Crippen LogP contribution in [-0.2, 0) is 4.79 Å². The van der Waals surface area contributed by atoms with Gasteiger partial charge in [-0.15, -0.1) is 0 Å². The molecule has 4 aromatic rings. The van der Waals surface area contributed by atoms with Crippen LogP contribution in [-0.4, -0.2) is 12.5 Å². The zero-order chi connectivity index (χ0) is 25.3. The summed E-state index contributed by atoms with van der Waals surface area (Å²) in [6.07, 6.45) is 3.41. The number of allylic oxidation sites excluding steroid dienone is 1. The van der Waals surface area contributed by atoms with E-state index in [1.54, 1.807) is 12.1 Å². The molecule has 0 radical (unpaired) electrons. The Bertz CT molecular complexity index is 1460. The second-order valence-corrected chi connectivity index (χ2v) is 9.29. The minimum Gasteiger partial charge on any atom is -0.493 e. The van der Waals surface area contributed by atoms with Crippen molar-refractivity contribution in [2.45, 2.75) is 41.5 Å². The number of hydrogen-bond donors (Lipinski definition) is 1. The van der Waals surface area contributed by atoms with Crippen LogP contribution in [0.5, 0.6) is 5.75 Å². The summed E-state index contributed by atoms with van der Waals surface area (Å²) in [5.41, 5.74) is 9.43. The third-order valence-corrected chi connectivity index (χ3v) is 6.71. The summed E-state index contributed by atoms with van der Waals surface area (Å²) in [6.45, 7) is 12.4. The van der Waals surface area contributed by atoms with Crippen LogP contribution in [0.3, 0.4) is 0 Å². The third kappa shape index (κ3) is 4.85. The topological polar surface area (TPSA) is 51.5 Å². The Kier molecular flexibility index (Phi) is 7.04. The molecule has 0 fully saturated rings. The average molecular weight is 488 g/mol. The van der Waals surface area contributed by atoms with Gasteiger partial charge in [0.2, 0.25) is 5.91 Å². The zero-order valence-corrected chi connectivity index (χ0v) is 21.8. The largest absolute Gasteiger partial charge is 0.493 e. The fourth-order valence-corrected chi connectivity index (χ4v) is 4.62. The van der Waals surface area contributed by atoms with E-state index in [1.165, 1.54) is 11.1 Å². The highest BCUT2D eigenvalue weighted by Gasteiger charge is 2.20. The molecule has 0 saturated carbocycles. The second kappa shape index (κ2) is 10.0. The number of halogens is 1. The number of furan rings is 1. The standard InChI is InChI=1S/C30H30ClNO3/c1-7-34-29-21(6)30-24(25(16-35-30)22-12-11-17(2)13-18(22)3)15-23(29)19(4)14-28(33)32-27-10-8-9-26(31)20(27)5/h8-16H,7H2,1-6H3,(H,32,33)/b19-14+. The molecule has 0 saturated heterocycles. The Morgan fingerprint density at radius 1 is 1.06 bits per heavy atom. The number of anilines is 1. The zero-order valence-electron chi connectivity index (χ0n) is 21.0. The van der Waals surface area contributed by atoms with Crippen LogP contribution < -0.4 is 10.1 Å². The maximum Gasteiger partial charge on any atom is 0.248 e. The van der Waals surface area contributed by atoms with Gasteiger partial charge in [0.1, 0.15) is 11.3 Å². The maximum atomic E-state index is 12.9. The molecule has 0 unspecified atom stereocenters. The molecule has 0 aliphatic carbocycles. The van der Waals surface area contributed by atoms with E-state index < -0.39 is 0 Å². The molecule has 4 nitrogen and oxygen atoms in total. The number of ether oxygens (including phenoxy) is 1. The van der Waals surface area contributed by atoms with Crippen molar-refractivity contribution in [2.75, 3.05) is 11.9 Å². The molecule has 0 aliphatic heterocycles. The van der Waals surface area contributed by atoms with E-state index in [0.717, 1.165) is 50.1 Å². The van der Waals surface area contributed by atoms with Crippen molar-refractivity contribution in [3.8, 4) is 16.9 Å². The number of amides is 1. The Morgan fingerprint density at radius 3 is 2.54 bits per heavy atom. The maximum absolute atomic E-state index is 12.9. The van der Waals surface area contributed by atoms with Gasteiger partial charge >= 0.3 is 0 Å². The Morgan fingerprint density at radius 2 is 1.83 bits per heavy atom. The van der Waals surface area contributed by atoms with Crippen molar-refractivity contribution in [1.29, 1.82) is 0 Å². The molecule has 0 spiro atoms. The van der Waals surface area contributed by atoms with Crippen LogP contribution in [0.15, 0.2) is 59.2 Å². The molecule has 4 rings (SSSR count). The number of fused-ring (bicyclic) bond motifs is 1. The van der Waals surface area contributed by atoms with Gasteiger partial charge in [0, 0.05) is 38.9 Å². The van der Waals surface area contributed by atoms with E-state index in [-0.39, 0.29) is 5.91 Å². The average Bonchev–Trinajstić information content (AvgIpc) is 3.22. The smallest absolute Gasteiger partial charge is 0.248 e. The summed E-state index contributed by atoms with van der Waals surface area (Å²) in [5.74, 6) is 0.497.